The summed E-state index contributed by atoms with van der Waals surface area (Å²) in [5.41, 5.74) is 0. The Labute approximate surface area is 98.4 Å². The number of hydrogen-bond acceptors (Lipinski definition) is 5. The van der Waals surface area contributed by atoms with E-state index in [1.54, 1.807) is 4.90 Å². The lowest BCUT2D eigenvalue weighted by molar-refractivity contribution is -0.123. The minimum Gasteiger partial charge on any atom is -0.307 e. The van der Waals surface area contributed by atoms with Crippen LogP contribution in [0.15, 0.2) is 0 Å². The van der Waals surface area contributed by atoms with Crippen LogP contribution in [0.3, 0.4) is 0 Å². The van der Waals surface area contributed by atoms with Crippen LogP contribution in [0.1, 0.15) is 6.92 Å². The van der Waals surface area contributed by atoms with Gasteiger partial charge in [0.1, 0.15) is 4.32 Å². The molecule has 3 nitrogen and oxygen atoms in total. The van der Waals surface area contributed by atoms with E-state index in [4.69, 9.17) is 12.2 Å². The monoisotopic (exact) mass is 250 g/mol. The summed E-state index contributed by atoms with van der Waals surface area (Å²) in [5.74, 6) is 3.15. The first-order valence-corrected chi connectivity index (χ1v) is 7.06. The number of nitrogens with zero attached hydrogens (tertiary/aromatic N) is 1. The molecule has 0 aromatic rings. The van der Waals surface area contributed by atoms with E-state index in [0.29, 0.717) is 12.3 Å². The van der Waals surface area contributed by atoms with E-state index >= 15 is 0 Å². The Bertz CT molecular complexity index is 195. The van der Waals surface area contributed by atoms with Crippen molar-refractivity contribution in [2.24, 2.45) is 0 Å². The maximum Gasteiger partial charge on any atom is 0.238 e. The third kappa shape index (κ3) is 3.76. The van der Waals surface area contributed by atoms with Crippen molar-refractivity contribution in [3.05, 3.63) is 0 Å². The number of nitrogens with one attached hydrogen (secondary N) is 1. The predicted molar refractivity (Wildman–Crippen MR) is 67.8 cm³/mol. The zero-order valence-electron chi connectivity index (χ0n) is 8.12. The fraction of sp³-hybridized carbons (Fsp3) is 0.750. The summed E-state index contributed by atoms with van der Waals surface area (Å²) < 4.78 is 0.725. The second-order valence-corrected chi connectivity index (χ2v) is 5.46. The van der Waals surface area contributed by atoms with Crippen LogP contribution in [0.25, 0.3) is 0 Å². The third-order valence-corrected chi connectivity index (χ3v) is 4.12. The molecule has 0 aromatic carbocycles. The molecule has 2 aliphatic heterocycles. The fourth-order valence-corrected chi connectivity index (χ4v) is 2.97. The molecule has 2 aliphatic rings. The van der Waals surface area contributed by atoms with Gasteiger partial charge in [0.2, 0.25) is 5.91 Å². The lowest BCUT2D eigenvalue weighted by Gasteiger charge is -2.09. The summed E-state index contributed by atoms with van der Waals surface area (Å²) >= 11 is 8.29. The van der Waals surface area contributed by atoms with Gasteiger partial charge in [-0.25, -0.2) is 0 Å². The number of thiocarbonyl (C=S) groups is 1. The highest BCUT2D eigenvalue weighted by Gasteiger charge is 2.24. The van der Waals surface area contributed by atoms with Crippen molar-refractivity contribution >= 4 is 46.0 Å². The topological polar surface area (TPSA) is 32.3 Å². The molecule has 0 bridgehead atoms. The van der Waals surface area contributed by atoms with Crippen molar-refractivity contribution in [3.8, 4) is 0 Å². The quantitative estimate of drug-likeness (QED) is 0.706. The van der Waals surface area contributed by atoms with Crippen LogP contribution in [0.2, 0.25) is 0 Å². The van der Waals surface area contributed by atoms with Crippen LogP contribution in [0.4, 0.5) is 0 Å². The molecule has 2 heterocycles. The molecule has 0 aliphatic carbocycles. The Hall–Kier alpha value is 0.220. The Morgan fingerprint density at radius 1 is 1.64 bits per heavy atom. The molecule has 14 heavy (non-hydrogen) atoms. The van der Waals surface area contributed by atoms with Gasteiger partial charge < -0.3 is 5.32 Å². The summed E-state index contributed by atoms with van der Waals surface area (Å²) in [7, 11) is 0. The van der Waals surface area contributed by atoms with Crippen molar-refractivity contribution in [1.29, 1.82) is 0 Å². The number of carbonyl (C=O) groups excluding carboxylic acids is 1. The Kier molecular flexibility index (Phi) is 5.84. The van der Waals surface area contributed by atoms with Gasteiger partial charge in [-0.3, -0.25) is 9.69 Å². The number of thioether (sulfide) groups is 2. The van der Waals surface area contributed by atoms with Gasteiger partial charge in [0.05, 0.1) is 5.75 Å². The normalized spacial score (nSPS) is 21.1. The van der Waals surface area contributed by atoms with Crippen molar-refractivity contribution in [2.75, 3.05) is 30.5 Å². The van der Waals surface area contributed by atoms with Crippen LogP contribution < -0.4 is 5.32 Å². The summed E-state index contributed by atoms with van der Waals surface area (Å²) in [6, 6.07) is 0. The maximum absolute atomic E-state index is 10.8. The van der Waals surface area contributed by atoms with Crippen LogP contribution >= 0.6 is 35.7 Å². The molecule has 2 rings (SSSR count). The molecule has 1 N–H and O–H groups in total. The largest absolute Gasteiger partial charge is 0.307 e. The average molecular weight is 250 g/mol. The van der Waals surface area contributed by atoms with Crippen molar-refractivity contribution in [2.45, 2.75) is 6.92 Å². The lowest BCUT2D eigenvalue weighted by atomic mass is 10.6. The summed E-state index contributed by atoms with van der Waals surface area (Å²) in [6.07, 6.45) is 0. The van der Waals surface area contributed by atoms with Crippen molar-refractivity contribution < 1.29 is 4.79 Å². The first kappa shape index (κ1) is 12.3. The average Bonchev–Trinajstić information content (AvgIpc) is 2.80. The van der Waals surface area contributed by atoms with Crippen LogP contribution in [-0.2, 0) is 4.79 Å². The predicted octanol–water partition coefficient (Wildman–Crippen LogP) is 1.15. The van der Waals surface area contributed by atoms with Gasteiger partial charge in [-0.1, -0.05) is 24.0 Å². The van der Waals surface area contributed by atoms with Crippen molar-refractivity contribution in [1.82, 2.24) is 10.2 Å². The molecule has 0 atom stereocenters. The van der Waals surface area contributed by atoms with E-state index in [1.807, 2.05) is 18.7 Å². The number of rotatable bonds is 1. The Morgan fingerprint density at radius 3 is 2.64 bits per heavy atom. The lowest BCUT2D eigenvalue weighted by Crippen LogP contribution is -2.27. The van der Waals surface area contributed by atoms with Crippen molar-refractivity contribution in [3.63, 3.8) is 0 Å². The zero-order valence-corrected chi connectivity index (χ0v) is 10.6. The van der Waals surface area contributed by atoms with E-state index in [-0.39, 0.29) is 5.91 Å². The summed E-state index contributed by atoms with van der Waals surface area (Å²) in [5, 5.41) is 3.19. The SMILES string of the molecule is C1CSCN1.CCN1C(=O)CSC1=S. The summed E-state index contributed by atoms with van der Waals surface area (Å²) in [4.78, 5) is 12.5. The highest BCUT2D eigenvalue weighted by molar-refractivity contribution is 8.23. The van der Waals surface area contributed by atoms with Gasteiger partial charge in [0, 0.05) is 24.7 Å². The summed E-state index contributed by atoms with van der Waals surface area (Å²) in [6.45, 7) is 3.85. The highest BCUT2D eigenvalue weighted by atomic mass is 32.2. The first-order chi connectivity index (χ1) is 6.75. The van der Waals surface area contributed by atoms with E-state index in [1.165, 1.54) is 29.9 Å². The molecule has 80 valence electrons. The molecule has 0 spiro atoms. The first-order valence-electron chi connectivity index (χ1n) is 4.51. The molecule has 2 fully saturated rings. The minimum absolute atomic E-state index is 0.146. The molecule has 0 unspecified atom stereocenters. The van der Waals surface area contributed by atoms with Gasteiger partial charge in [-0.15, -0.1) is 11.8 Å². The minimum atomic E-state index is 0.146. The van der Waals surface area contributed by atoms with E-state index in [2.05, 4.69) is 5.32 Å². The Balaban J connectivity index is 0.000000165. The van der Waals surface area contributed by atoms with E-state index in [0.717, 1.165) is 4.32 Å². The smallest absolute Gasteiger partial charge is 0.238 e. The molecule has 0 radical (unpaired) electrons. The second kappa shape index (κ2) is 6.66. The number of amides is 1. The number of hydrogen-bond donors (Lipinski definition) is 1. The molecule has 2 saturated heterocycles. The molecular formula is C8H14N2OS3. The molecular weight excluding hydrogens is 236 g/mol. The van der Waals surface area contributed by atoms with E-state index < -0.39 is 0 Å². The standard InChI is InChI=1S/C5H7NOS2.C3H7NS/c1-2-6-4(7)3-9-5(6)8;1-2-5-3-4-1/h2-3H2,1H3;4H,1-3H2. The maximum atomic E-state index is 10.8. The third-order valence-electron chi connectivity index (χ3n) is 1.78. The molecule has 1 amide bonds. The van der Waals surface area contributed by atoms with Gasteiger partial charge >= 0.3 is 0 Å². The second-order valence-electron chi connectivity index (χ2n) is 2.75. The van der Waals surface area contributed by atoms with Gasteiger partial charge in [0.25, 0.3) is 0 Å². The van der Waals surface area contributed by atoms with Crippen LogP contribution in [0, 0.1) is 0 Å². The number of carbonyl (C=O) groups is 1. The zero-order chi connectivity index (χ0) is 10.4. The molecule has 0 aromatic heterocycles. The molecule has 0 saturated carbocycles. The fourth-order valence-electron chi connectivity index (χ4n) is 1.05. The van der Waals surface area contributed by atoms with Gasteiger partial charge in [-0.05, 0) is 6.92 Å². The van der Waals surface area contributed by atoms with Crippen LogP contribution in [-0.4, -0.2) is 45.6 Å². The van der Waals surface area contributed by atoms with Gasteiger partial charge in [0.15, 0.2) is 0 Å². The van der Waals surface area contributed by atoms with E-state index in [9.17, 15) is 4.79 Å². The van der Waals surface area contributed by atoms with Crippen LogP contribution in [0.5, 0.6) is 0 Å². The Morgan fingerprint density at radius 2 is 2.43 bits per heavy atom. The highest BCUT2D eigenvalue weighted by Crippen LogP contribution is 2.17. The van der Waals surface area contributed by atoms with Gasteiger partial charge in [-0.2, -0.15) is 0 Å². The molecule has 6 heteroatoms.